The normalized spacial score (nSPS) is 23.7. The summed E-state index contributed by atoms with van der Waals surface area (Å²) in [6.45, 7) is 10.1. The maximum Gasteiger partial charge on any atom is 0.338 e. The van der Waals surface area contributed by atoms with E-state index in [2.05, 4.69) is 12.1 Å². The van der Waals surface area contributed by atoms with Crippen molar-refractivity contribution in [3.05, 3.63) is 58.7 Å². The molecule has 1 fully saturated rings. The highest BCUT2D eigenvalue weighted by atomic mass is 16.6. The number of oxime groups is 1. The Labute approximate surface area is 227 Å². The number of carbonyl (C=O) groups excluding carboxylic acids is 2. The van der Waals surface area contributed by atoms with E-state index in [-0.39, 0.29) is 30.7 Å². The number of likely N-dealkylation sites (tertiary alicyclic amines) is 1. The standard InChI is InChI=1S/C31H44N2O5/c1-5-6-18-36-28-14-10-12-25(4)38-31(35)30-24(3)19-23(2)20-26(30)21-27(13-11-15-28)32-37-22-29(34)33-16-8-7-9-17-33/h10-11,13-14,19-20,25,28H,5-9,12,15-18,21-22H2,1-4H3/b13-11+,14-10+,32-27-/t25-,28?/m1/s1. The predicted octanol–water partition coefficient (Wildman–Crippen LogP) is 5.87. The maximum atomic E-state index is 13.2. The topological polar surface area (TPSA) is 77.4 Å². The fourth-order valence-corrected chi connectivity index (χ4v) is 4.84. The van der Waals surface area contributed by atoms with Crippen LogP contribution < -0.4 is 0 Å². The van der Waals surface area contributed by atoms with Gasteiger partial charge in [-0.1, -0.05) is 54.4 Å². The third kappa shape index (κ3) is 9.43. The number of cyclic esters (lactones) is 1. The van der Waals surface area contributed by atoms with Crippen LogP contribution in [0.4, 0.5) is 0 Å². The van der Waals surface area contributed by atoms with Gasteiger partial charge in [-0.3, -0.25) is 4.79 Å². The van der Waals surface area contributed by atoms with Crippen molar-refractivity contribution in [3.8, 4) is 0 Å². The van der Waals surface area contributed by atoms with E-state index in [1.54, 1.807) is 0 Å². The molecule has 3 rings (SSSR count). The fourth-order valence-electron chi connectivity index (χ4n) is 4.84. The zero-order chi connectivity index (χ0) is 27.3. The first-order valence-corrected chi connectivity index (χ1v) is 14.1. The molecule has 2 atom stereocenters. The number of aryl methyl sites for hydroxylation is 2. The molecule has 1 aromatic carbocycles. The summed E-state index contributed by atoms with van der Waals surface area (Å²) < 4.78 is 11.9. The van der Waals surface area contributed by atoms with E-state index in [9.17, 15) is 9.59 Å². The zero-order valence-corrected chi connectivity index (χ0v) is 23.5. The second-order valence-corrected chi connectivity index (χ2v) is 10.4. The Morgan fingerprint density at radius 3 is 2.68 bits per heavy atom. The lowest BCUT2D eigenvalue weighted by Gasteiger charge is -2.26. The van der Waals surface area contributed by atoms with Crippen LogP contribution in [0.1, 0.15) is 85.8 Å². The van der Waals surface area contributed by atoms with Crippen molar-refractivity contribution >= 4 is 17.6 Å². The van der Waals surface area contributed by atoms with E-state index < -0.39 is 0 Å². The summed E-state index contributed by atoms with van der Waals surface area (Å²) in [7, 11) is 0. The van der Waals surface area contributed by atoms with Crippen LogP contribution in [0.25, 0.3) is 0 Å². The van der Waals surface area contributed by atoms with Gasteiger partial charge in [-0.05, 0) is 70.1 Å². The van der Waals surface area contributed by atoms with E-state index in [4.69, 9.17) is 14.3 Å². The maximum absolute atomic E-state index is 13.2. The van der Waals surface area contributed by atoms with E-state index in [0.717, 1.165) is 61.9 Å². The largest absolute Gasteiger partial charge is 0.459 e. The van der Waals surface area contributed by atoms with Gasteiger partial charge in [0.15, 0.2) is 6.61 Å². The summed E-state index contributed by atoms with van der Waals surface area (Å²) in [5.41, 5.74) is 3.96. The average molecular weight is 525 g/mol. The van der Waals surface area contributed by atoms with E-state index in [0.29, 0.717) is 37.1 Å². The number of ether oxygens (including phenoxy) is 2. The third-order valence-electron chi connectivity index (χ3n) is 6.85. The van der Waals surface area contributed by atoms with Crippen molar-refractivity contribution < 1.29 is 23.9 Å². The number of unbranched alkanes of at least 4 members (excludes halogenated alkanes) is 1. The lowest BCUT2D eigenvalue weighted by Crippen LogP contribution is -2.37. The molecule has 7 heteroatoms. The fraction of sp³-hybridized carbons (Fsp3) is 0.581. The van der Waals surface area contributed by atoms with Gasteiger partial charge in [0.05, 0.1) is 17.4 Å². The van der Waals surface area contributed by atoms with Crippen molar-refractivity contribution in [1.82, 2.24) is 4.90 Å². The van der Waals surface area contributed by atoms with Crippen LogP contribution >= 0.6 is 0 Å². The summed E-state index contributed by atoms with van der Waals surface area (Å²) >= 11 is 0. The number of esters is 1. The second kappa shape index (κ2) is 15.5. The van der Waals surface area contributed by atoms with Crippen molar-refractivity contribution in [1.29, 1.82) is 0 Å². The molecule has 1 saturated heterocycles. The number of amides is 1. The van der Waals surface area contributed by atoms with Gasteiger partial charge in [0, 0.05) is 32.5 Å². The molecule has 38 heavy (non-hydrogen) atoms. The molecule has 7 nitrogen and oxygen atoms in total. The minimum Gasteiger partial charge on any atom is -0.459 e. The molecule has 1 unspecified atom stereocenters. The smallest absolute Gasteiger partial charge is 0.338 e. The molecule has 1 amide bonds. The van der Waals surface area contributed by atoms with Gasteiger partial charge in [0.1, 0.15) is 6.10 Å². The van der Waals surface area contributed by atoms with Gasteiger partial charge in [-0.2, -0.15) is 0 Å². The molecule has 0 N–H and O–H groups in total. The second-order valence-electron chi connectivity index (χ2n) is 10.4. The molecule has 0 spiro atoms. The lowest BCUT2D eigenvalue weighted by atomic mass is 9.95. The Bertz CT molecular complexity index is 1020. The van der Waals surface area contributed by atoms with Crippen LogP contribution in [0.15, 0.2) is 41.6 Å². The summed E-state index contributed by atoms with van der Waals surface area (Å²) in [6.07, 6.45) is 14.7. The van der Waals surface area contributed by atoms with Crippen LogP contribution in [0.3, 0.4) is 0 Å². The van der Waals surface area contributed by atoms with Gasteiger partial charge in [-0.25, -0.2) is 4.79 Å². The van der Waals surface area contributed by atoms with E-state index in [1.165, 1.54) is 0 Å². The molecule has 0 radical (unpaired) electrons. The first kappa shape index (κ1) is 29.6. The van der Waals surface area contributed by atoms with E-state index in [1.807, 2.05) is 62.1 Å². The molecular weight excluding hydrogens is 480 g/mol. The number of hydrogen-bond acceptors (Lipinski definition) is 6. The summed E-state index contributed by atoms with van der Waals surface area (Å²) in [6, 6.07) is 3.99. The van der Waals surface area contributed by atoms with Gasteiger partial charge in [0.2, 0.25) is 0 Å². The van der Waals surface area contributed by atoms with Crippen molar-refractivity contribution in [2.24, 2.45) is 5.16 Å². The van der Waals surface area contributed by atoms with Crippen molar-refractivity contribution in [3.63, 3.8) is 0 Å². The third-order valence-corrected chi connectivity index (χ3v) is 6.85. The Balaban J connectivity index is 1.86. The SMILES string of the molecule is CCCCOC1/C=C/C[C@@H](C)OC(=O)c2c(C)cc(C)cc2CC(=N\OCC(=O)N2CCCCC2)/C=C/C1. The number of fused-ring (bicyclic) bond motifs is 1. The van der Waals surface area contributed by atoms with Gasteiger partial charge >= 0.3 is 5.97 Å². The molecule has 0 aromatic heterocycles. The summed E-state index contributed by atoms with van der Waals surface area (Å²) in [5.74, 6) is -0.381. The number of carbonyl (C=O) groups is 2. The van der Waals surface area contributed by atoms with Crippen LogP contribution in [0, 0.1) is 13.8 Å². The number of allylic oxidation sites excluding steroid dienone is 1. The number of piperidine rings is 1. The molecule has 0 aliphatic carbocycles. The van der Waals surface area contributed by atoms with Crippen LogP contribution in [0.5, 0.6) is 0 Å². The predicted molar refractivity (Wildman–Crippen MR) is 150 cm³/mol. The molecule has 2 heterocycles. The number of nitrogens with zero attached hydrogens (tertiary/aromatic N) is 2. The Hall–Kier alpha value is -2.93. The van der Waals surface area contributed by atoms with Crippen LogP contribution in [-0.4, -0.2) is 61.0 Å². The number of hydrogen-bond donors (Lipinski definition) is 0. The molecule has 208 valence electrons. The highest BCUT2D eigenvalue weighted by Crippen LogP contribution is 2.22. The highest BCUT2D eigenvalue weighted by molar-refractivity contribution is 6.00. The lowest BCUT2D eigenvalue weighted by molar-refractivity contribution is -0.137. The minimum atomic E-state index is -0.337. The number of rotatable bonds is 7. The van der Waals surface area contributed by atoms with Gasteiger partial charge in [0.25, 0.3) is 5.91 Å². The molecule has 2 aliphatic rings. The summed E-state index contributed by atoms with van der Waals surface area (Å²) in [4.78, 5) is 33.2. The monoisotopic (exact) mass is 524 g/mol. The van der Waals surface area contributed by atoms with Gasteiger partial charge < -0.3 is 19.2 Å². The molecule has 1 aromatic rings. The first-order chi connectivity index (χ1) is 18.4. The molecule has 0 saturated carbocycles. The molecule has 0 bridgehead atoms. The minimum absolute atomic E-state index is 0.0434. The van der Waals surface area contributed by atoms with E-state index >= 15 is 0 Å². The highest BCUT2D eigenvalue weighted by Gasteiger charge is 2.21. The Morgan fingerprint density at radius 2 is 1.92 bits per heavy atom. The van der Waals surface area contributed by atoms with Crippen LogP contribution in [0.2, 0.25) is 0 Å². The summed E-state index contributed by atoms with van der Waals surface area (Å²) in [5, 5.41) is 4.36. The molecular formula is C31H44N2O5. The average Bonchev–Trinajstić information content (AvgIpc) is 2.88. The quantitative estimate of drug-likeness (QED) is 0.193. The zero-order valence-electron chi connectivity index (χ0n) is 23.5. The van der Waals surface area contributed by atoms with Crippen molar-refractivity contribution in [2.45, 2.75) is 91.3 Å². The van der Waals surface area contributed by atoms with Crippen LogP contribution in [-0.2, 0) is 25.5 Å². The van der Waals surface area contributed by atoms with Crippen molar-refractivity contribution in [2.75, 3.05) is 26.3 Å². The Morgan fingerprint density at radius 1 is 1.13 bits per heavy atom. The molecule has 2 aliphatic heterocycles. The first-order valence-electron chi connectivity index (χ1n) is 14.1. The Kier molecular flexibility index (Phi) is 12.1. The van der Waals surface area contributed by atoms with Gasteiger partial charge in [-0.15, -0.1) is 0 Å². The number of benzene rings is 1.